The van der Waals surface area contributed by atoms with Gasteiger partial charge in [-0.3, -0.25) is 0 Å². The maximum Gasteiger partial charge on any atom is 0.0998 e. The molecule has 1 aromatic carbocycles. The summed E-state index contributed by atoms with van der Waals surface area (Å²) in [4.78, 5) is 4.37. The summed E-state index contributed by atoms with van der Waals surface area (Å²) in [5, 5.41) is 3.29. The molecule has 0 aliphatic carbocycles. The van der Waals surface area contributed by atoms with Crippen LogP contribution in [0.15, 0.2) is 36.7 Å². The van der Waals surface area contributed by atoms with Crippen molar-refractivity contribution in [1.82, 2.24) is 14.9 Å². The van der Waals surface area contributed by atoms with E-state index in [1.807, 2.05) is 24.5 Å². The van der Waals surface area contributed by atoms with Crippen LogP contribution in [0.2, 0.25) is 0 Å². The summed E-state index contributed by atoms with van der Waals surface area (Å²) in [5.41, 5.74) is 3.65. The number of fused-ring (bicyclic) bond motifs is 1. The number of nitrogens with one attached hydrogen (secondary N) is 1. The summed E-state index contributed by atoms with van der Waals surface area (Å²) >= 11 is 0. The van der Waals surface area contributed by atoms with Crippen LogP contribution in [0, 0.1) is 0 Å². The highest BCUT2D eigenvalue weighted by Gasteiger charge is 2.16. The maximum atomic E-state index is 4.37. The molecule has 1 aromatic heterocycles. The Morgan fingerprint density at radius 3 is 2.86 bits per heavy atom. The fourth-order valence-electron chi connectivity index (χ4n) is 1.86. The van der Waals surface area contributed by atoms with Gasteiger partial charge in [0.1, 0.15) is 0 Å². The Morgan fingerprint density at radius 1 is 1.14 bits per heavy atom. The third kappa shape index (κ3) is 1.06. The van der Waals surface area contributed by atoms with Crippen LogP contribution in [0.4, 0.5) is 0 Å². The second-order valence-electron chi connectivity index (χ2n) is 3.45. The quantitative estimate of drug-likeness (QED) is 0.729. The van der Waals surface area contributed by atoms with Gasteiger partial charge in [0.15, 0.2) is 0 Å². The molecule has 0 amide bonds. The Morgan fingerprint density at radius 2 is 2.00 bits per heavy atom. The van der Waals surface area contributed by atoms with Crippen molar-refractivity contribution in [3.8, 4) is 5.69 Å². The van der Waals surface area contributed by atoms with E-state index in [0.29, 0.717) is 0 Å². The standard InChI is InChI=1S/C11H11N3/c1-2-4-9(5-3-1)14-8-13-10-6-12-7-11(10)14/h1-5,8,12H,6-7H2. The Kier molecular flexibility index (Phi) is 1.64. The summed E-state index contributed by atoms with van der Waals surface area (Å²) in [7, 11) is 0. The fraction of sp³-hybridized carbons (Fsp3) is 0.182. The van der Waals surface area contributed by atoms with Crippen molar-refractivity contribution in [2.45, 2.75) is 13.1 Å². The van der Waals surface area contributed by atoms with E-state index in [1.165, 1.54) is 17.1 Å². The minimum atomic E-state index is 0.898. The van der Waals surface area contributed by atoms with E-state index in [0.717, 1.165) is 13.1 Å². The molecule has 1 N–H and O–H groups in total. The molecule has 2 heterocycles. The fourth-order valence-corrected chi connectivity index (χ4v) is 1.86. The Labute approximate surface area is 82.4 Å². The molecule has 1 aliphatic heterocycles. The molecule has 1 aliphatic rings. The van der Waals surface area contributed by atoms with Gasteiger partial charge in [0.05, 0.1) is 17.7 Å². The molecule has 3 rings (SSSR count). The summed E-state index contributed by atoms with van der Waals surface area (Å²) in [6.45, 7) is 1.82. The number of aromatic nitrogens is 2. The predicted molar refractivity (Wildman–Crippen MR) is 54.1 cm³/mol. The van der Waals surface area contributed by atoms with Crippen LogP contribution in [0.25, 0.3) is 5.69 Å². The summed E-state index contributed by atoms with van der Waals surface area (Å²) in [5.74, 6) is 0. The van der Waals surface area contributed by atoms with Crippen LogP contribution in [-0.2, 0) is 13.1 Å². The van der Waals surface area contributed by atoms with Gasteiger partial charge >= 0.3 is 0 Å². The molecule has 14 heavy (non-hydrogen) atoms. The topological polar surface area (TPSA) is 29.9 Å². The Hall–Kier alpha value is -1.61. The first-order valence-corrected chi connectivity index (χ1v) is 4.76. The number of benzene rings is 1. The van der Waals surface area contributed by atoms with Crippen LogP contribution in [0.5, 0.6) is 0 Å². The molecular formula is C11H11N3. The molecule has 3 heteroatoms. The lowest BCUT2D eigenvalue weighted by Crippen LogP contribution is -2.05. The highest BCUT2D eigenvalue weighted by molar-refractivity contribution is 5.36. The number of hydrogen-bond donors (Lipinski definition) is 1. The Bertz CT molecular complexity index is 445. The van der Waals surface area contributed by atoms with E-state index in [4.69, 9.17) is 0 Å². The van der Waals surface area contributed by atoms with E-state index in [9.17, 15) is 0 Å². The SMILES string of the molecule is c1ccc(-n2cnc3c2CNC3)cc1. The van der Waals surface area contributed by atoms with Crippen LogP contribution in [0.3, 0.4) is 0 Å². The first-order chi connectivity index (χ1) is 6.95. The van der Waals surface area contributed by atoms with Crippen molar-refractivity contribution in [3.63, 3.8) is 0 Å². The maximum absolute atomic E-state index is 4.37. The van der Waals surface area contributed by atoms with E-state index in [2.05, 4.69) is 27.0 Å². The molecule has 3 nitrogen and oxygen atoms in total. The van der Waals surface area contributed by atoms with Gasteiger partial charge in [-0.05, 0) is 12.1 Å². The molecule has 0 unspecified atom stereocenters. The zero-order chi connectivity index (χ0) is 9.38. The van der Waals surface area contributed by atoms with Crippen molar-refractivity contribution < 1.29 is 0 Å². The lowest BCUT2D eigenvalue weighted by Gasteiger charge is -2.04. The van der Waals surface area contributed by atoms with Gasteiger partial charge in [0.25, 0.3) is 0 Å². The Balaban J connectivity index is 2.13. The monoisotopic (exact) mass is 185 g/mol. The van der Waals surface area contributed by atoms with Crippen LogP contribution in [-0.4, -0.2) is 9.55 Å². The van der Waals surface area contributed by atoms with Gasteiger partial charge in [0, 0.05) is 18.8 Å². The molecule has 0 radical (unpaired) electrons. The third-order valence-corrected chi connectivity index (χ3v) is 2.57. The molecule has 0 fully saturated rings. The van der Waals surface area contributed by atoms with E-state index in [-0.39, 0.29) is 0 Å². The highest BCUT2D eigenvalue weighted by Crippen LogP contribution is 2.18. The van der Waals surface area contributed by atoms with Gasteiger partial charge in [-0.1, -0.05) is 18.2 Å². The van der Waals surface area contributed by atoms with Gasteiger partial charge < -0.3 is 9.88 Å². The molecule has 0 bridgehead atoms. The van der Waals surface area contributed by atoms with Gasteiger partial charge in [0.2, 0.25) is 0 Å². The smallest absolute Gasteiger partial charge is 0.0998 e. The zero-order valence-electron chi connectivity index (χ0n) is 7.77. The predicted octanol–water partition coefficient (Wildman–Crippen LogP) is 1.48. The largest absolute Gasteiger partial charge is 0.305 e. The zero-order valence-corrected chi connectivity index (χ0v) is 7.77. The van der Waals surface area contributed by atoms with Crippen molar-refractivity contribution in [3.05, 3.63) is 48.0 Å². The van der Waals surface area contributed by atoms with Gasteiger partial charge in [-0.15, -0.1) is 0 Å². The van der Waals surface area contributed by atoms with E-state index < -0.39 is 0 Å². The third-order valence-electron chi connectivity index (χ3n) is 2.57. The van der Waals surface area contributed by atoms with Crippen LogP contribution in [0.1, 0.15) is 11.4 Å². The van der Waals surface area contributed by atoms with E-state index in [1.54, 1.807) is 0 Å². The summed E-state index contributed by atoms with van der Waals surface area (Å²) in [6, 6.07) is 10.3. The molecule has 0 atom stereocenters. The second-order valence-corrected chi connectivity index (χ2v) is 3.45. The number of imidazole rings is 1. The van der Waals surface area contributed by atoms with Gasteiger partial charge in [-0.2, -0.15) is 0 Å². The number of rotatable bonds is 1. The minimum Gasteiger partial charge on any atom is -0.305 e. The molecule has 2 aromatic rings. The molecule has 70 valence electrons. The molecule has 0 spiro atoms. The van der Waals surface area contributed by atoms with Crippen molar-refractivity contribution >= 4 is 0 Å². The number of nitrogens with zero attached hydrogens (tertiary/aromatic N) is 2. The second kappa shape index (κ2) is 2.96. The molecule has 0 saturated carbocycles. The summed E-state index contributed by atoms with van der Waals surface area (Å²) in [6.07, 6.45) is 1.90. The lowest BCUT2D eigenvalue weighted by molar-refractivity contribution is 0.730. The number of hydrogen-bond acceptors (Lipinski definition) is 2. The highest BCUT2D eigenvalue weighted by atomic mass is 15.1. The van der Waals surface area contributed by atoms with Crippen molar-refractivity contribution in [1.29, 1.82) is 0 Å². The normalized spacial score (nSPS) is 14.3. The summed E-state index contributed by atoms with van der Waals surface area (Å²) < 4.78 is 2.15. The minimum absolute atomic E-state index is 0.898. The van der Waals surface area contributed by atoms with Crippen LogP contribution < -0.4 is 5.32 Å². The first-order valence-electron chi connectivity index (χ1n) is 4.76. The first kappa shape index (κ1) is 7.76. The van der Waals surface area contributed by atoms with Crippen LogP contribution >= 0.6 is 0 Å². The average Bonchev–Trinajstić information content (AvgIpc) is 2.79. The van der Waals surface area contributed by atoms with Crippen molar-refractivity contribution in [2.24, 2.45) is 0 Å². The van der Waals surface area contributed by atoms with Crippen molar-refractivity contribution in [2.75, 3.05) is 0 Å². The average molecular weight is 185 g/mol. The molecule has 0 saturated heterocycles. The lowest BCUT2D eigenvalue weighted by atomic mass is 10.3. The number of para-hydroxylation sites is 1. The molecular weight excluding hydrogens is 174 g/mol. The van der Waals surface area contributed by atoms with E-state index >= 15 is 0 Å². The van der Waals surface area contributed by atoms with Gasteiger partial charge in [-0.25, -0.2) is 4.98 Å².